The number of benzene rings is 8. The van der Waals surface area contributed by atoms with Crippen molar-refractivity contribution < 1.29 is 0 Å². The SMILES string of the molecule is c1ccc(-n2c3ccccc3c3ccccc32)c(-c2ccc(N(c3ccc(-c4ccc5sc6ccccc6c5c4)cc3)c3ccccc3[C@]34CC5C[C@@H]6CC(C3)[C@H]6C54)cc2)c1. The monoisotopic (exact) mass is 800 g/mol. The fraction of sp³-hybridized carbons (Fsp3) is 0.172. The van der Waals surface area contributed by atoms with Crippen molar-refractivity contribution in [2.24, 2.45) is 29.6 Å². The fourth-order valence-corrected chi connectivity index (χ4v) is 14.6. The molecule has 0 aliphatic heterocycles. The highest BCUT2D eigenvalue weighted by molar-refractivity contribution is 7.25. The lowest BCUT2D eigenvalue weighted by Crippen LogP contribution is -2.47. The molecule has 4 aliphatic carbocycles. The van der Waals surface area contributed by atoms with E-state index in [9.17, 15) is 0 Å². The van der Waals surface area contributed by atoms with Crippen LogP contribution < -0.4 is 4.90 Å². The van der Waals surface area contributed by atoms with E-state index in [0.29, 0.717) is 5.41 Å². The van der Waals surface area contributed by atoms with Crippen molar-refractivity contribution in [3.63, 3.8) is 0 Å². The van der Waals surface area contributed by atoms with E-state index in [-0.39, 0.29) is 0 Å². The van der Waals surface area contributed by atoms with E-state index in [2.05, 4.69) is 198 Å². The predicted molar refractivity (Wildman–Crippen MR) is 257 cm³/mol. The molecule has 4 aliphatic rings. The van der Waals surface area contributed by atoms with Crippen LogP contribution in [0.1, 0.15) is 31.2 Å². The van der Waals surface area contributed by atoms with E-state index in [1.807, 2.05) is 11.3 Å². The largest absolute Gasteiger partial charge is 0.310 e. The Bertz CT molecular complexity index is 3320. The summed E-state index contributed by atoms with van der Waals surface area (Å²) in [5.41, 5.74) is 14.2. The Morgan fingerprint density at radius 3 is 1.85 bits per heavy atom. The van der Waals surface area contributed by atoms with Crippen LogP contribution in [0, 0.1) is 29.6 Å². The zero-order valence-electron chi connectivity index (χ0n) is 33.9. The number of hydrogen-bond donors (Lipinski definition) is 0. The first-order valence-electron chi connectivity index (χ1n) is 22.3. The smallest absolute Gasteiger partial charge is 0.0541 e. The molecule has 2 aromatic heterocycles. The Hall–Kier alpha value is -6.42. The maximum Gasteiger partial charge on any atom is 0.0541 e. The Kier molecular flexibility index (Phi) is 7.20. The molecule has 14 rings (SSSR count). The number of hydrogen-bond acceptors (Lipinski definition) is 2. The van der Waals surface area contributed by atoms with E-state index in [1.165, 1.54) is 113 Å². The second-order valence-corrected chi connectivity index (χ2v) is 19.6. The molecular weight excluding hydrogens is 757 g/mol. The lowest BCUT2D eigenvalue weighted by atomic mass is 9.53. The topological polar surface area (TPSA) is 8.17 Å². The Morgan fingerprint density at radius 2 is 1.07 bits per heavy atom. The van der Waals surface area contributed by atoms with Gasteiger partial charge >= 0.3 is 0 Å². The zero-order chi connectivity index (χ0) is 39.8. The highest BCUT2D eigenvalue weighted by Crippen LogP contribution is 2.79. The van der Waals surface area contributed by atoms with E-state index >= 15 is 0 Å². The van der Waals surface area contributed by atoms with Crippen molar-refractivity contribution in [3.8, 4) is 27.9 Å². The van der Waals surface area contributed by atoms with Gasteiger partial charge in [-0.2, -0.15) is 0 Å². The standard InChI is InChI=1S/C58H44N2S/c1-6-16-50(60-51-17-7-2-12-45(51)46-13-3-8-18-52(46)60)44(11-1)37-23-28-43(29-24-37)59(53-19-9-5-15-49(53)58-34-40-31-39-32-41(35-58)57(58)56(39)40)42-26-21-36(22-27-42)38-25-30-55-48(33-38)47-14-4-10-20-54(47)61-55/h1-30,33,39-41,56-57H,31-32,34-35H2/t39-,40?,41?,56-,57?,58+/m0/s1. The van der Waals surface area contributed by atoms with Crippen molar-refractivity contribution in [2.45, 2.75) is 31.1 Å². The van der Waals surface area contributed by atoms with Crippen LogP contribution >= 0.6 is 11.3 Å². The average molecular weight is 801 g/mol. The molecule has 4 saturated carbocycles. The molecule has 0 radical (unpaired) electrons. The molecule has 8 aromatic carbocycles. The van der Waals surface area contributed by atoms with Gasteiger partial charge in [-0.25, -0.2) is 0 Å². The molecule has 2 heterocycles. The van der Waals surface area contributed by atoms with Crippen LogP contribution in [0.4, 0.5) is 17.1 Å². The number of aromatic nitrogens is 1. The molecule has 0 spiro atoms. The quantitative estimate of drug-likeness (QED) is 0.156. The molecular formula is C58H44N2S. The van der Waals surface area contributed by atoms with Gasteiger partial charge < -0.3 is 9.47 Å². The van der Waals surface area contributed by atoms with Crippen molar-refractivity contribution >= 4 is 70.4 Å². The first-order chi connectivity index (χ1) is 30.2. The molecule has 4 fully saturated rings. The van der Waals surface area contributed by atoms with Crippen LogP contribution in [-0.2, 0) is 5.41 Å². The number of nitrogens with zero attached hydrogens (tertiary/aromatic N) is 2. The van der Waals surface area contributed by atoms with Gasteiger partial charge in [0.1, 0.15) is 0 Å². The van der Waals surface area contributed by atoms with Crippen LogP contribution in [0.25, 0.3) is 69.9 Å². The fourth-order valence-electron chi connectivity index (χ4n) is 13.5. The molecule has 61 heavy (non-hydrogen) atoms. The summed E-state index contributed by atoms with van der Waals surface area (Å²) in [5.74, 6) is 4.67. The molecule has 0 bridgehead atoms. The summed E-state index contributed by atoms with van der Waals surface area (Å²) in [6.45, 7) is 0. The van der Waals surface area contributed by atoms with Crippen LogP contribution in [0.15, 0.2) is 188 Å². The normalized spacial score (nSPS) is 23.4. The zero-order valence-corrected chi connectivity index (χ0v) is 34.7. The van der Waals surface area contributed by atoms with Gasteiger partial charge in [0.05, 0.1) is 16.7 Å². The van der Waals surface area contributed by atoms with Gasteiger partial charge in [0.15, 0.2) is 0 Å². The molecule has 3 unspecified atom stereocenters. The molecule has 3 heteroatoms. The summed E-state index contributed by atoms with van der Waals surface area (Å²) in [5, 5.41) is 5.25. The third kappa shape index (κ3) is 4.84. The summed E-state index contributed by atoms with van der Waals surface area (Å²) in [7, 11) is 0. The van der Waals surface area contributed by atoms with Gasteiger partial charge in [0.25, 0.3) is 0 Å². The third-order valence-electron chi connectivity index (χ3n) is 15.8. The van der Waals surface area contributed by atoms with Crippen molar-refractivity contribution in [1.29, 1.82) is 0 Å². The second kappa shape index (κ2) is 12.8. The van der Waals surface area contributed by atoms with E-state index in [0.717, 1.165) is 29.6 Å². The maximum atomic E-state index is 2.58. The molecule has 292 valence electrons. The molecule has 0 N–H and O–H groups in total. The van der Waals surface area contributed by atoms with Gasteiger partial charge in [0, 0.05) is 59.0 Å². The van der Waals surface area contributed by atoms with Crippen LogP contribution in [0.5, 0.6) is 0 Å². The highest BCUT2D eigenvalue weighted by Gasteiger charge is 2.73. The number of thiophene rings is 1. The molecule has 6 atom stereocenters. The predicted octanol–water partition coefficient (Wildman–Crippen LogP) is 15.9. The molecule has 0 saturated heterocycles. The van der Waals surface area contributed by atoms with Crippen molar-refractivity contribution in [2.75, 3.05) is 4.90 Å². The Labute approximate surface area is 360 Å². The number of fused-ring (bicyclic) bond motifs is 6. The van der Waals surface area contributed by atoms with Crippen LogP contribution in [0.2, 0.25) is 0 Å². The lowest BCUT2D eigenvalue weighted by Gasteiger charge is -2.52. The van der Waals surface area contributed by atoms with Crippen LogP contribution in [-0.4, -0.2) is 4.57 Å². The van der Waals surface area contributed by atoms with E-state index < -0.39 is 0 Å². The summed E-state index contributed by atoms with van der Waals surface area (Å²) in [4.78, 5) is 2.58. The van der Waals surface area contributed by atoms with Gasteiger partial charge in [-0.1, -0.05) is 121 Å². The minimum atomic E-state index is 0.306. The number of anilines is 3. The number of rotatable bonds is 7. The van der Waals surface area contributed by atoms with Gasteiger partial charge in [-0.15, -0.1) is 11.3 Å². The third-order valence-corrected chi connectivity index (χ3v) is 16.9. The summed E-state index contributed by atoms with van der Waals surface area (Å²) in [6.07, 6.45) is 5.68. The van der Waals surface area contributed by atoms with Crippen LogP contribution in [0.3, 0.4) is 0 Å². The second-order valence-electron chi connectivity index (χ2n) is 18.6. The minimum absolute atomic E-state index is 0.306. The lowest BCUT2D eigenvalue weighted by molar-refractivity contribution is 0.0688. The molecule has 2 nitrogen and oxygen atoms in total. The molecule has 10 aromatic rings. The van der Waals surface area contributed by atoms with Gasteiger partial charge in [-0.05, 0) is 144 Å². The first-order valence-corrected chi connectivity index (χ1v) is 23.1. The number of para-hydroxylation sites is 4. The van der Waals surface area contributed by atoms with Crippen molar-refractivity contribution in [3.05, 3.63) is 194 Å². The van der Waals surface area contributed by atoms with Crippen molar-refractivity contribution in [1.82, 2.24) is 4.57 Å². The van der Waals surface area contributed by atoms with E-state index in [1.54, 1.807) is 5.56 Å². The maximum absolute atomic E-state index is 2.58. The minimum Gasteiger partial charge on any atom is -0.310 e. The van der Waals surface area contributed by atoms with Gasteiger partial charge in [-0.3, -0.25) is 0 Å². The molecule has 0 amide bonds. The summed E-state index contributed by atoms with van der Waals surface area (Å²) < 4.78 is 5.14. The summed E-state index contributed by atoms with van der Waals surface area (Å²) in [6, 6.07) is 70.6. The summed E-state index contributed by atoms with van der Waals surface area (Å²) >= 11 is 1.88. The Morgan fingerprint density at radius 1 is 0.475 bits per heavy atom. The Balaban J connectivity index is 0.893. The van der Waals surface area contributed by atoms with Gasteiger partial charge in [0.2, 0.25) is 0 Å². The average Bonchev–Trinajstić information content (AvgIpc) is 3.97. The van der Waals surface area contributed by atoms with E-state index in [4.69, 9.17) is 0 Å². The highest BCUT2D eigenvalue weighted by atomic mass is 32.1. The first kappa shape index (κ1) is 34.3.